The standard InChI is InChI=1S/C28H23ClF3N5O2S/c1-39-16-24(38)34-21-11-10-19(15-20(21)29)37-26(25(35-27(37)40)22-8-2-3-12-33-22)23-9-5-13-36(23)18-7-4-6-17(14-18)28(30,31)32/h2-15,25-26H,16H2,1H3,(H,34,38)(H,35,40)/t25-,26+/m0/s1. The highest BCUT2D eigenvalue weighted by atomic mass is 35.5. The van der Waals surface area contributed by atoms with Gasteiger partial charge in [-0.25, -0.2) is 0 Å². The Balaban J connectivity index is 1.60. The summed E-state index contributed by atoms with van der Waals surface area (Å²) in [5.41, 5.74) is 1.99. The summed E-state index contributed by atoms with van der Waals surface area (Å²) in [6.45, 7) is -0.126. The first-order valence-electron chi connectivity index (χ1n) is 12.1. The van der Waals surface area contributed by atoms with Crippen molar-refractivity contribution in [3.63, 3.8) is 0 Å². The van der Waals surface area contributed by atoms with Gasteiger partial charge in [-0.05, 0) is 72.9 Å². The normalized spacial score (nSPS) is 17.1. The van der Waals surface area contributed by atoms with E-state index in [2.05, 4.69) is 15.6 Å². The summed E-state index contributed by atoms with van der Waals surface area (Å²) in [6.07, 6.45) is -1.11. The Bertz CT molecular complexity index is 1550. The molecule has 0 bridgehead atoms. The Morgan fingerprint density at radius 3 is 2.62 bits per heavy atom. The number of hydrogen-bond acceptors (Lipinski definition) is 4. The van der Waals surface area contributed by atoms with Crippen LogP contribution >= 0.6 is 23.8 Å². The number of amides is 1. The van der Waals surface area contributed by atoms with Crippen molar-refractivity contribution in [2.45, 2.75) is 18.3 Å². The molecule has 1 aliphatic rings. The molecule has 40 heavy (non-hydrogen) atoms. The van der Waals surface area contributed by atoms with E-state index >= 15 is 0 Å². The van der Waals surface area contributed by atoms with E-state index in [4.69, 9.17) is 28.6 Å². The lowest BCUT2D eigenvalue weighted by molar-refractivity contribution is -0.137. The highest BCUT2D eigenvalue weighted by molar-refractivity contribution is 7.80. The maximum Gasteiger partial charge on any atom is 0.416 e. The number of hydrogen-bond donors (Lipinski definition) is 2. The number of thiocarbonyl (C=S) groups is 1. The molecule has 0 saturated carbocycles. The minimum Gasteiger partial charge on any atom is -0.375 e. The number of pyridine rings is 1. The van der Waals surface area contributed by atoms with E-state index in [1.165, 1.54) is 13.2 Å². The van der Waals surface area contributed by atoms with Gasteiger partial charge in [0.05, 0.1) is 28.0 Å². The van der Waals surface area contributed by atoms with Crippen molar-refractivity contribution in [1.82, 2.24) is 14.9 Å². The molecule has 2 N–H and O–H groups in total. The fourth-order valence-corrected chi connectivity index (χ4v) is 5.28. The summed E-state index contributed by atoms with van der Waals surface area (Å²) in [4.78, 5) is 18.4. The summed E-state index contributed by atoms with van der Waals surface area (Å²) in [6, 6.07) is 18.4. The molecule has 0 unspecified atom stereocenters. The second kappa shape index (κ2) is 11.3. The lowest BCUT2D eigenvalue weighted by Gasteiger charge is -2.29. The topological polar surface area (TPSA) is 71.4 Å². The first kappa shape index (κ1) is 27.6. The molecule has 1 saturated heterocycles. The van der Waals surface area contributed by atoms with Gasteiger partial charge in [-0.2, -0.15) is 13.2 Å². The molecule has 3 heterocycles. The second-order valence-corrected chi connectivity index (χ2v) is 9.79. The molecule has 2 atom stereocenters. The number of benzene rings is 2. The van der Waals surface area contributed by atoms with Crippen LogP contribution in [0.5, 0.6) is 0 Å². The van der Waals surface area contributed by atoms with Gasteiger partial charge in [0.25, 0.3) is 0 Å². The average Bonchev–Trinajstić information content (AvgIpc) is 3.54. The molecule has 5 rings (SSSR count). The zero-order valence-corrected chi connectivity index (χ0v) is 22.6. The average molecular weight is 586 g/mol. The highest BCUT2D eigenvalue weighted by Crippen LogP contribution is 2.43. The van der Waals surface area contributed by atoms with Gasteiger partial charge in [-0.3, -0.25) is 9.78 Å². The Labute approximate surface area is 238 Å². The summed E-state index contributed by atoms with van der Waals surface area (Å²) < 4.78 is 47.1. The SMILES string of the molecule is COCC(=O)Nc1ccc(N2C(=S)N[C@@H](c3ccccn3)[C@H]2c2cccn2-c2cccc(C(F)(F)F)c2)cc1Cl. The highest BCUT2D eigenvalue weighted by Gasteiger charge is 2.42. The molecule has 2 aromatic carbocycles. The lowest BCUT2D eigenvalue weighted by Crippen LogP contribution is -2.30. The van der Waals surface area contributed by atoms with Crippen LogP contribution in [0.2, 0.25) is 5.02 Å². The quantitative estimate of drug-likeness (QED) is 0.248. The molecular weight excluding hydrogens is 563 g/mol. The Kier molecular flexibility index (Phi) is 7.79. The lowest BCUT2D eigenvalue weighted by atomic mass is 10.0. The van der Waals surface area contributed by atoms with Crippen LogP contribution < -0.4 is 15.5 Å². The number of alkyl halides is 3. The van der Waals surface area contributed by atoms with E-state index in [9.17, 15) is 18.0 Å². The molecular formula is C28H23ClF3N5O2S. The van der Waals surface area contributed by atoms with Crippen LogP contribution in [0.3, 0.4) is 0 Å². The van der Waals surface area contributed by atoms with Gasteiger partial charge in [-0.1, -0.05) is 23.7 Å². The van der Waals surface area contributed by atoms with Crippen molar-refractivity contribution in [1.29, 1.82) is 0 Å². The molecule has 1 amide bonds. The number of ether oxygens (including phenoxy) is 1. The van der Waals surface area contributed by atoms with Crippen molar-refractivity contribution in [2.75, 3.05) is 23.9 Å². The molecule has 12 heteroatoms. The first-order chi connectivity index (χ1) is 19.2. The number of anilines is 2. The molecule has 1 aliphatic heterocycles. The second-order valence-electron chi connectivity index (χ2n) is 8.99. The maximum atomic E-state index is 13.5. The minimum atomic E-state index is -4.49. The zero-order chi connectivity index (χ0) is 28.4. The van der Waals surface area contributed by atoms with Crippen molar-refractivity contribution in [3.05, 3.63) is 107 Å². The van der Waals surface area contributed by atoms with Gasteiger partial charge < -0.3 is 24.8 Å². The number of carbonyl (C=O) groups is 1. The third kappa shape index (κ3) is 5.53. The number of nitrogens with zero attached hydrogens (tertiary/aromatic N) is 3. The van der Waals surface area contributed by atoms with Crippen LogP contribution in [0.15, 0.2) is 85.2 Å². The van der Waals surface area contributed by atoms with Gasteiger partial charge in [0.15, 0.2) is 5.11 Å². The fourth-order valence-electron chi connectivity index (χ4n) is 4.71. The van der Waals surface area contributed by atoms with Gasteiger partial charge in [0, 0.05) is 36.6 Å². The molecule has 206 valence electrons. The first-order valence-corrected chi connectivity index (χ1v) is 12.9. The number of rotatable bonds is 7. The van der Waals surface area contributed by atoms with E-state index in [1.54, 1.807) is 53.4 Å². The van der Waals surface area contributed by atoms with Crippen LogP contribution in [-0.4, -0.2) is 34.3 Å². The van der Waals surface area contributed by atoms with Crippen molar-refractivity contribution < 1.29 is 22.7 Å². The Morgan fingerprint density at radius 2 is 1.93 bits per heavy atom. The van der Waals surface area contributed by atoms with Crippen LogP contribution in [0.25, 0.3) is 5.69 Å². The van der Waals surface area contributed by atoms with Gasteiger partial charge in [0.1, 0.15) is 12.6 Å². The van der Waals surface area contributed by atoms with E-state index in [1.807, 2.05) is 23.1 Å². The van der Waals surface area contributed by atoms with Gasteiger partial charge >= 0.3 is 6.18 Å². The Morgan fingerprint density at radius 1 is 1.10 bits per heavy atom. The number of methoxy groups -OCH3 is 1. The van der Waals surface area contributed by atoms with Crippen LogP contribution in [-0.2, 0) is 15.7 Å². The molecule has 0 aliphatic carbocycles. The Hall–Kier alpha value is -3.93. The van der Waals surface area contributed by atoms with E-state index < -0.39 is 23.8 Å². The predicted molar refractivity (Wildman–Crippen MR) is 151 cm³/mol. The van der Waals surface area contributed by atoms with Crippen molar-refractivity contribution in [2.24, 2.45) is 0 Å². The number of carbonyl (C=O) groups excluding carboxylic acids is 1. The number of halogens is 4. The minimum absolute atomic E-state index is 0.126. The summed E-state index contributed by atoms with van der Waals surface area (Å²) in [5.74, 6) is -0.359. The number of aromatic nitrogens is 2. The summed E-state index contributed by atoms with van der Waals surface area (Å²) in [7, 11) is 1.42. The molecule has 0 radical (unpaired) electrons. The van der Waals surface area contributed by atoms with E-state index in [0.717, 1.165) is 12.1 Å². The van der Waals surface area contributed by atoms with Gasteiger partial charge in [0.2, 0.25) is 5.91 Å². The molecule has 0 spiro atoms. The van der Waals surface area contributed by atoms with Gasteiger partial charge in [-0.15, -0.1) is 0 Å². The van der Waals surface area contributed by atoms with Crippen LogP contribution in [0, 0.1) is 0 Å². The third-order valence-corrected chi connectivity index (χ3v) is 7.04. The van der Waals surface area contributed by atoms with E-state index in [0.29, 0.717) is 33.6 Å². The molecule has 2 aromatic heterocycles. The van der Waals surface area contributed by atoms with Crippen molar-refractivity contribution >= 4 is 46.2 Å². The smallest absolute Gasteiger partial charge is 0.375 e. The van der Waals surface area contributed by atoms with Crippen LogP contribution in [0.1, 0.15) is 29.0 Å². The number of nitrogens with one attached hydrogen (secondary N) is 2. The van der Waals surface area contributed by atoms with E-state index in [-0.39, 0.29) is 17.5 Å². The fraction of sp³-hybridized carbons (Fsp3) is 0.179. The monoisotopic (exact) mass is 585 g/mol. The predicted octanol–water partition coefficient (Wildman–Crippen LogP) is 6.31. The third-order valence-electron chi connectivity index (χ3n) is 6.41. The zero-order valence-electron chi connectivity index (χ0n) is 21.0. The largest absolute Gasteiger partial charge is 0.416 e. The maximum absolute atomic E-state index is 13.5. The molecule has 4 aromatic rings. The summed E-state index contributed by atoms with van der Waals surface area (Å²) in [5, 5.41) is 6.67. The summed E-state index contributed by atoms with van der Waals surface area (Å²) >= 11 is 12.3. The van der Waals surface area contributed by atoms with Crippen molar-refractivity contribution in [3.8, 4) is 5.69 Å². The molecule has 1 fully saturated rings. The molecule has 7 nitrogen and oxygen atoms in total. The van der Waals surface area contributed by atoms with Crippen LogP contribution in [0.4, 0.5) is 24.5 Å².